The molecule has 3 rings (SSSR count). The van der Waals surface area contributed by atoms with Crippen molar-refractivity contribution in [1.29, 1.82) is 0 Å². The second-order valence-corrected chi connectivity index (χ2v) is 7.43. The standard InChI is InChI=1S/C20H24N2O3S/c1-3-4-12-25-14-10-8-13(9-11-14)18(23)22-20-17(19(24)21-2)15-6-5-7-16(15)26-20/h8-11H,3-7,12H2,1-2H3,(H,21,24)(H,22,23). The molecule has 0 saturated carbocycles. The molecule has 5 nitrogen and oxygen atoms in total. The Bertz CT molecular complexity index is 796. The number of hydrogen-bond acceptors (Lipinski definition) is 4. The van der Waals surface area contributed by atoms with E-state index in [0.29, 0.717) is 22.7 Å². The largest absolute Gasteiger partial charge is 0.494 e. The van der Waals surface area contributed by atoms with Crippen molar-refractivity contribution in [3.8, 4) is 5.75 Å². The van der Waals surface area contributed by atoms with Gasteiger partial charge >= 0.3 is 0 Å². The molecule has 26 heavy (non-hydrogen) atoms. The summed E-state index contributed by atoms with van der Waals surface area (Å²) in [4.78, 5) is 26.1. The van der Waals surface area contributed by atoms with Crippen LogP contribution in [0.1, 0.15) is 57.3 Å². The fraction of sp³-hybridized carbons (Fsp3) is 0.400. The molecule has 1 aromatic carbocycles. The zero-order valence-electron chi connectivity index (χ0n) is 15.2. The van der Waals surface area contributed by atoms with Crippen LogP contribution in [-0.4, -0.2) is 25.5 Å². The fourth-order valence-electron chi connectivity index (χ4n) is 3.07. The lowest BCUT2D eigenvalue weighted by atomic mass is 10.1. The van der Waals surface area contributed by atoms with Crippen molar-refractivity contribution >= 4 is 28.2 Å². The average molecular weight is 372 g/mol. The highest BCUT2D eigenvalue weighted by molar-refractivity contribution is 7.17. The van der Waals surface area contributed by atoms with Crippen LogP contribution in [0.15, 0.2) is 24.3 Å². The minimum Gasteiger partial charge on any atom is -0.494 e. The van der Waals surface area contributed by atoms with Gasteiger partial charge < -0.3 is 15.4 Å². The number of carbonyl (C=O) groups excluding carboxylic acids is 2. The van der Waals surface area contributed by atoms with E-state index < -0.39 is 0 Å². The van der Waals surface area contributed by atoms with Gasteiger partial charge in [0.1, 0.15) is 10.8 Å². The second kappa shape index (κ2) is 8.36. The zero-order chi connectivity index (χ0) is 18.5. The Morgan fingerprint density at radius 3 is 2.62 bits per heavy atom. The van der Waals surface area contributed by atoms with Gasteiger partial charge in [-0.25, -0.2) is 0 Å². The van der Waals surface area contributed by atoms with Gasteiger partial charge in [-0.3, -0.25) is 9.59 Å². The van der Waals surface area contributed by atoms with Crippen molar-refractivity contribution < 1.29 is 14.3 Å². The van der Waals surface area contributed by atoms with E-state index in [-0.39, 0.29) is 11.8 Å². The van der Waals surface area contributed by atoms with Crippen LogP contribution in [0.3, 0.4) is 0 Å². The van der Waals surface area contributed by atoms with E-state index in [1.54, 1.807) is 31.3 Å². The van der Waals surface area contributed by atoms with Crippen LogP contribution in [0.4, 0.5) is 5.00 Å². The van der Waals surface area contributed by atoms with E-state index in [1.165, 1.54) is 16.2 Å². The van der Waals surface area contributed by atoms with Crippen molar-refractivity contribution in [2.45, 2.75) is 39.0 Å². The van der Waals surface area contributed by atoms with E-state index >= 15 is 0 Å². The number of unbranched alkanes of at least 4 members (excludes halogenated alkanes) is 1. The molecule has 0 atom stereocenters. The van der Waals surface area contributed by atoms with Gasteiger partial charge in [-0.15, -0.1) is 11.3 Å². The topological polar surface area (TPSA) is 67.4 Å². The Labute approximate surface area is 157 Å². The molecule has 1 aromatic heterocycles. The van der Waals surface area contributed by atoms with Crippen LogP contribution < -0.4 is 15.4 Å². The summed E-state index contributed by atoms with van der Waals surface area (Å²) in [6.07, 6.45) is 5.03. The number of hydrogen-bond donors (Lipinski definition) is 2. The van der Waals surface area contributed by atoms with Gasteiger partial charge in [0.2, 0.25) is 0 Å². The predicted molar refractivity (Wildman–Crippen MR) is 105 cm³/mol. The monoisotopic (exact) mass is 372 g/mol. The summed E-state index contributed by atoms with van der Waals surface area (Å²) in [7, 11) is 1.62. The maximum absolute atomic E-state index is 12.6. The molecular formula is C20H24N2O3S. The number of ether oxygens (including phenoxy) is 1. The number of anilines is 1. The van der Waals surface area contributed by atoms with Crippen LogP contribution in [0.25, 0.3) is 0 Å². The highest BCUT2D eigenvalue weighted by Gasteiger charge is 2.27. The lowest BCUT2D eigenvalue weighted by Gasteiger charge is -2.09. The summed E-state index contributed by atoms with van der Waals surface area (Å²) < 4.78 is 5.62. The molecule has 0 spiro atoms. The van der Waals surface area contributed by atoms with Gasteiger partial charge in [-0.2, -0.15) is 0 Å². The second-order valence-electron chi connectivity index (χ2n) is 6.32. The van der Waals surface area contributed by atoms with E-state index in [0.717, 1.165) is 43.4 Å². The lowest BCUT2D eigenvalue weighted by molar-refractivity contribution is 0.0963. The fourth-order valence-corrected chi connectivity index (χ4v) is 4.35. The zero-order valence-corrected chi connectivity index (χ0v) is 16.0. The van der Waals surface area contributed by atoms with E-state index in [9.17, 15) is 9.59 Å². The number of fused-ring (bicyclic) bond motifs is 1. The molecule has 0 unspecified atom stereocenters. The summed E-state index contributed by atoms with van der Waals surface area (Å²) in [6, 6.07) is 7.10. The Kier molecular flexibility index (Phi) is 5.93. The van der Waals surface area contributed by atoms with Crippen LogP contribution >= 0.6 is 11.3 Å². The van der Waals surface area contributed by atoms with Gasteiger partial charge in [0, 0.05) is 17.5 Å². The smallest absolute Gasteiger partial charge is 0.256 e. The first kappa shape index (κ1) is 18.5. The van der Waals surface area contributed by atoms with Crippen LogP contribution in [0.5, 0.6) is 5.75 Å². The molecule has 0 fully saturated rings. The Morgan fingerprint density at radius 2 is 1.92 bits per heavy atom. The van der Waals surface area contributed by atoms with E-state index in [1.807, 2.05) is 0 Å². The molecule has 0 bridgehead atoms. The number of nitrogens with one attached hydrogen (secondary N) is 2. The number of carbonyl (C=O) groups is 2. The van der Waals surface area contributed by atoms with Crippen molar-refractivity contribution in [3.63, 3.8) is 0 Å². The number of benzene rings is 1. The van der Waals surface area contributed by atoms with Crippen LogP contribution in [-0.2, 0) is 12.8 Å². The molecule has 0 saturated heterocycles. The van der Waals surface area contributed by atoms with Crippen LogP contribution in [0.2, 0.25) is 0 Å². The molecule has 1 heterocycles. The molecule has 2 aromatic rings. The van der Waals surface area contributed by atoms with Crippen molar-refractivity contribution in [2.75, 3.05) is 19.0 Å². The SMILES string of the molecule is CCCCOc1ccc(C(=O)Nc2sc3c(c2C(=O)NC)CCC3)cc1. The van der Waals surface area contributed by atoms with Gasteiger partial charge in [-0.05, 0) is 55.5 Å². The third-order valence-electron chi connectivity index (χ3n) is 4.49. The molecule has 138 valence electrons. The van der Waals surface area contributed by atoms with Gasteiger partial charge in [0.15, 0.2) is 0 Å². The quantitative estimate of drug-likeness (QED) is 0.721. The first-order valence-electron chi connectivity index (χ1n) is 9.04. The lowest BCUT2D eigenvalue weighted by Crippen LogP contribution is -2.21. The Balaban J connectivity index is 1.73. The summed E-state index contributed by atoms with van der Waals surface area (Å²) in [5.74, 6) is 0.408. The third-order valence-corrected chi connectivity index (χ3v) is 5.69. The summed E-state index contributed by atoms with van der Waals surface area (Å²) >= 11 is 1.51. The number of rotatable bonds is 7. The maximum Gasteiger partial charge on any atom is 0.256 e. The molecule has 6 heteroatoms. The van der Waals surface area contributed by atoms with E-state index in [4.69, 9.17) is 4.74 Å². The number of aryl methyl sites for hydroxylation is 1. The van der Waals surface area contributed by atoms with E-state index in [2.05, 4.69) is 17.6 Å². The van der Waals surface area contributed by atoms with Crippen LogP contribution in [0, 0.1) is 0 Å². The first-order valence-corrected chi connectivity index (χ1v) is 9.86. The molecule has 1 aliphatic carbocycles. The average Bonchev–Trinajstić information content (AvgIpc) is 3.22. The highest BCUT2D eigenvalue weighted by atomic mass is 32.1. The first-order chi connectivity index (χ1) is 12.6. The minimum atomic E-state index is -0.213. The van der Waals surface area contributed by atoms with Gasteiger partial charge in [0.05, 0.1) is 12.2 Å². The molecule has 2 N–H and O–H groups in total. The van der Waals surface area contributed by atoms with Gasteiger partial charge in [0.25, 0.3) is 11.8 Å². The molecule has 0 aliphatic heterocycles. The molecular weight excluding hydrogens is 348 g/mol. The number of thiophene rings is 1. The predicted octanol–water partition coefficient (Wildman–Crippen LogP) is 4.03. The Hall–Kier alpha value is -2.34. The molecule has 2 amide bonds. The number of amides is 2. The highest BCUT2D eigenvalue weighted by Crippen LogP contribution is 2.39. The summed E-state index contributed by atoms with van der Waals surface area (Å²) in [6.45, 7) is 2.79. The normalized spacial score (nSPS) is 12.5. The van der Waals surface area contributed by atoms with Crippen molar-refractivity contribution in [3.05, 3.63) is 45.8 Å². The molecule has 1 aliphatic rings. The third kappa shape index (κ3) is 3.90. The summed E-state index contributed by atoms with van der Waals surface area (Å²) in [5, 5.41) is 6.24. The van der Waals surface area contributed by atoms with Crippen molar-refractivity contribution in [2.24, 2.45) is 0 Å². The molecule has 0 radical (unpaired) electrons. The maximum atomic E-state index is 12.6. The Morgan fingerprint density at radius 1 is 1.15 bits per heavy atom. The van der Waals surface area contributed by atoms with Crippen molar-refractivity contribution in [1.82, 2.24) is 5.32 Å². The van der Waals surface area contributed by atoms with Gasteiger partial charge in [-0.1, -0.05) is 13.3 Å². The minimum absolute atomic E-state index is 0.139. The summed E-state index contributed by atoms with van der Waals surface area (Å²) in [5.41, 5.74) is 2.26.